The van der Waals surface area contributed by atoms with Gasteiger partial charge < -0.3 is 4.90 Å². The van der Waals surface area contributed by atoms with E-state index in [4.69, 9.17) is 11.6 Å². The molecule has 6 heteroatoms. The minimum Gasteiger partial charge on any atom is -0.369 e. The van der Waals surface area contributed by atoms with Crippen LogP contribution in [0.25, 0.3) is 0 Å². The molecule has 128 valence electrons. The summed E-state index contributed by atoms with van der Waals surface area (Å²) < 4.78 is 27.0. The zero-order valence-electron chi connectivity index (χ0n) is 13.7. The molecule has 0 aliphatic carbocycles. The Morgan fingerprint density at radius 2 is 1.71 bits per heavy atom. The predicted octanol–water partition coefficient (Wildman–Crippen LogP) is 3.30. The number of aryl methyl sites for hydroxylation is 1. The first-order chi connectivity index (χ1) is 11.5. The van der Waals surface area contributed by atoms with Crippen LogP contribution in [-0.2, 0) is 15.8 Å². The summed E-state index contributed by atoms with van der Waals surface area (Å²) in [5, 5.41) is 0.696. The van der Waals surface area contributed by atoms with Crippen molar-refractivity contribution in [1.29, 1.82) is 0 Å². The molecule has 0 amide bonds. The van der Waals surface area contributed by atoms with E-state index in [1.807, 2.05) is 55.5 Å². The summed E-state index contributed by atoms with van der Waals surface area (Å²) in [6.07, 6.45) is 0. The van der Waals surface area contributed by atoms with Crippen molar-refractivity contribution in [2.45, 2.75) is 12.7 Å². The quantitative estimate of drug-likeness (QED) is 0.835. The van der Waals surface area contributed by atoms with Crippen molar-refractivity contribution >= 4 is 27.3 Å². The fraction of sp³-hybridized carbons (Fsp3) is 0.333. The lowest BCUT2D eigenvalue weighted by molar-refractivity contribution is 0.384. The average molecular weight is 365 g/mol. The first kappa shape index (κ1) is 17.3. The number of piperazine rings is 1. The molecule has 1 heterocycles. The van der Waals surface area contributed by atoms with E-state index in [2.05, 4.69) is 4.90 Å². The van der Waals surface area contributed by atoms with Gasteiger partial charge in [-0.2, -0.15) is 4.31 Å². The van der Waals surface area contributed by atoms with Crippen LogP contribution in [0.1, 0.15) is 11.1 Å². The van der Waals surface area contributed by atoms with Crippen LogP contribution in [-0.4, -0.2) is 38.9 Å². The average Bonchev–Trinajstić information content (AvgIpc) is 2.57. The maximum Gasteiger partial charge on any atom is 0.218 e. The minimum absolute atomic E-state index is 0.0663. The molecule has 1 saturated heterocycles. The molecule has 24 heavy (non-hydrogen) atoms. The minimum atomic E-state index is -3.29. The molecule has 3 rings (SSSR count). The van der Waals surface area contributed by atoms with Gasteiger partial charge in [-0.3, -0.25) is 0 Å². The third kappa shape index (κ3) is 3.91. The molecular formula is C18H21ClN2O2S. The highest BCUT2D eigenvalue weighted by Crippen LogP contribution is 2.22. The molecule has 0 radical (unpaired) electrons. The van der Waals surface area contributed by atoms with Crippen LogP contribution in [0, 0.1) is 6.92 Å². The molecular weight excluding hydrogens is 344 g/mol. The van der Waals surface area contributed by atoms with Crippen molar-refractivity contribution in [3.8, 4) is 0 Å². The molecule has 0 spiro atoms. The van der Waals surface area contributed by atoms with Crippen molar-refractivity contribution in [3.63, 3.8) is 0 Å². The SMILES string of the molecule is Cc1ccccc1CS(=O)(=O)N1CCN(c2cccc(Cl)c2)CC1. The Labute approximate surface area is 148 Å². The lowest BCUT2D eigenvalue weighted by atomic mass is 10.1. The number of benzene rings is 2. The van der Waals surface area contributed by atoms with Gasteiger partial charge in [-0.05, 0) is 36.2 Å². The highest BCUT2D eigenvalue weighted by Gasteiger charge is 2.27. The largest absolute Gasteiger partial charge is 0.369 e. The molecule has 0 saturated carbocycles. The zero-order valence-corrected chi connectivity index (χ0v) is 15.2. The summed E-state index contributed by atoms with van der Waals surface area (Å²) in [4.78, 5) is 2.17. The van der Waals surface area contributed by atoms with Crippen molar-refractivity contribution < 1.29 is 8.42 Å². The molecule has 0 N–H and O–H groups in total. The Kier molecular flexibility index (Phi) is 5.13. The summed E-state index contributed by atoms with van der Waals surface area (Å²) in [6.45, 7) is 4.30. The Bertz CT molecular complexity index is 815. The highest BCUT2D eigenvalue weighted by atomic mass is 35.5. The maximum absolute atomic E-state index is 12.7. The number of sulfonamides is 1. The van der Waals surface area contributed by atoms with Crippen LogP contribution in [0.5, 0.6) is 0 Å². The molecule has 0 bridgehead atoms. The van der Waals surface area contributed by atoms with Gasteiger partial charge in [0.1, 0.15) is 0 Å². The van der Waals surface area contributed by atoms with Crippen LogP contribution in [0.15, 0.2) is 48.5 Å². The van der Waals surface area contributed by atoms with Crippen molar-refractivity contribution in [2.75, 3.05) is 31.1 Å². The molecule has 0 atom stereocenters. The van der Waals surface area contributed by atoms with Gasteiger partial charge in [0.25, 0.3) is 0 Å². The van der Waals surface area contributed by atoms with Gasteiger partial charge >= 0.3 is 0 Å². The van der Waals surface area contributed by atoms with Gasteiger partial charge in [-0.1, -0.05) is 41.9 Å². The van der Waals surface area contributed by atoms with E-state index >= 15 is 0 Å². The third-order valence-corrected chi connectivity index (χ3v) is 6.47. The molecule has 0 aromatic heterocycles. The number of hydrogen-bond acceptors (Lipinski definition) is 3. The van der Waals surface area contributed by atoms with Gasteiger partial charge in [0.15, 0.2) is 0 Å². The van der Waals surface area contributed by atoms with E-state index < -0.39 is 10.0 Å². The molecule has 1 aliphatic rings. The summed E-state index contributed by atoms with van der Waals surface area (Å²) in [5.74, 6) is 0.0663. The fourth-order valence-electron chi connectivity index (χ4n) is 2.96. The summed E-state index contributed by atoms with van der Waals surface area (Å²) in [5.41, 5.74) is 2.92. The van der Waals surface area contributed by atoms with Crippen LogP contribution < -0.4 is 4.90 Å². The van der Waals surface area contributed by atoms with E-state index in [0.29, 0.717) is 31.2 Å². The summed E-state index contributed by atoms with van der Waals surface area (Å²) in [6, 6.07) is 15.3. The lowest BCUT2D eigenvalue weighted by Crippen LogP contribution is -2.49. The van der Waals surface area contributed by atoms with Crippen LogP contribution in [0.2, 0.25) is 5.02 Å². The Morgan fingerprint density at radius 1 is 1.00 bits per heavy atom. The van der Waals surface area contributed by atoms with Crippen molar-refractivity contribution in [3.05, 3.63) is 64.7 Å². The number of anilines is 1. The maximum atomic E-state index is 12.7. The van der Waals surface area contributed by atoms with Gasteiger partial charge in [-0.25, -0.2) is 8.42 Å². The monoisotopic (exact) mass is 364 g/mol. The second-order valence-corrected chi connectivity index (χ2v) is 8.45. The highest BCUT2D eigenvalue weighted by molar-refractivity contribution is 7.88. The van der Waals surface area contributed by atoms with E-state index in [1.54, 1.807) is 4.31 Å². The summed E-state index contributed by atoms with van der Waals surface area (Å²) in [7, 11) is -3.29. The van der Waals surface area contributed by atoms with E-state index in [-0.39, 0.29) is 5.75 Å². The third-order valence-electron chi connectivity index (χ3n) is 4.40. The van der Waals surface area contributed by atoms with Crippen molar-refractivity contribution in [1.82, 2.24) is 4.31 Å². The normalized spacial score (nSPS) is 16.3. The lowest BCUT2D eigenvalue weighted by Gasteiger charge is -2.35. The molecule has 0 unspecified atom stereocenters. The molecule has 4 nitrogen and oxygen atoms in total. The Morgan fingerprint density at radius 3 is 2.38 bits per heavy atom. The smallest absolute Gasteiger partial charge is 0.218 e. The van der Waals surface area contributed by atoms with Crippen LogP contribution >= 0.6 is 11.6 Å². The first-order valence-electron chi connectivity index (χ1n) is 7.98. The number of halogens is 1. The standard InChI is InChI=1S/C18H21ClN2O2S/c1-15-5-2-3-6-16(15)14-24(22,23)21-11-9-20(10-12-21)18-8-4-7-17(19)13-18/h2-8,13H,9-12,14H2,1H3. The van der Waals surface area contributed by atoms with Gasteiger partial charge in [0.2, 0.25) is 10.0 Å². The van der Waals surface area contributed by atoms with Crippen LogP contribution in [0.4, 0.5) is 5.69 Å². The Balaban J connectivity index is 1.66. The first-order valence-corrected chi connectivity index (χ1v) is 9.97. The summed E-state index contributed by atoms with van der Waals surface area (Å²) >= 11 is 6.04. The second kappa shape index (κ2) is 7.13. The number of rotatable bonds is 4. The fourth-order valence-corrected chi connectivity index (χ4v) is 4.76. The molecule has 1 aliphatic heterocycles. The molecule has 2 aromatic carbocycles. The second-order valence-electron chi connectivity index (χ2n) is 6.05. The number of nitrogens with zero attached hydrogens (tertiary/aromatic N) is 2. The van der Waals surface area contributed by atoms with Gasteiger partial charge in [-0.15, -0.1) is 0 Å². The predicted molar refractivity (Wildman–Crippen MR) is 99.0 cm³/mol. The van der Waals surface area contributed by atoms with E-state index in [1.165, 1.54) is 0 Å². The Hall–Kier alpha value is -1.56. The number of hydrogen-bond donors (Lipinski definition) is 0. The van der Waals surface area contributed by atoms with E-state index in [0.717, 1.165) is 16.8 Å². The van der Waals surface area contributed by atoms with E-state index in [9.17, 15) is 8.42 Å². The van der Waals surface area contributed by atoms with Crippen LogP contribution in [0.3, 0.4) is 0 Å². The molecule has 1 fully saturated rings. The van der Waals surface area contributed by atoms with Gasteiger partial charge in [0, 0.05) is 36.9 Å². The van der Waals surface area contributed by atoms with Crippen molar-refractivity contribution in [2.24, 2.45) is 0 Å². The zero-order chi connectivity index (χ0) is 17.2. The topological polar surface area (TPSA) is 40.6 Å². The van der Waals surface area contributed by atoms with Gasteiger partial charge in [0.05, 0.1) is 5.75 Å². The molecule has 2 aromatic rings.